The van der Waals surface area contributed by atoms with Gasteiger partial charge in [0.25, 0.3) is 11.1 Å². The molecule has 20 heavy (non-hydrogen) atoms. The lowest BCUT2D eigenvalue weighted by Gasteiger charge is -2.03. The van der Waals surface area contributed by atoms with Gasteiger partial charge in [-0.05, 0) is 19.1 Å². The van der Waals surface area contributed by atoms with Crippen molar-refractivity contribution in [2.45, 2.75) is 6.92 Å². The zero-order valence-electron chi connectivity index (χ0n) is 10.3. The Kier molecular flexibility index (Phi) is 2.96. The SMILES string of the molecule is Cc1cc(=O)n2[nH]c(=O)c(-c3ccc(Cl)cc3Cl)c2[nH]1. The van der Waals surface area contributed by atoms with E-state index >= 15 is 0 Å². The summed E-state index contributed by atoms with van der Waals surface area (Å²) in [7, 11) is 0. The summed E-state index contributed by atoms with van der Waals surface area (Å²) in [5.74, 6) is 0. The van der Waals surface area contributed by atoms with Crippen molar-refractivity contribution in [2.75, 3.05) is 0 Å². The fourth-order valence-electron chi connectivity index (χ4n) is 2.13. The summed E-state index contributed by atoms with van der Waals surface area (Å²) >= 11 is 12.0. The second-order valence-electron chi connectivity index (χ2n) is 4.41. The number of nitrogens with zero attached hydrogens (tertiary/aromatic N) is 1. The number of rotatable bonds is 1. The average Bonchev–Trinajstić information content (AvgIpc) is 2.67. The van der Waals surface area contributed by atoms with E-state index in [1.54, 1.807) is 25.1 Å². The fraction of sp³-hybridized carbons (Fsp3) is 0.0769. The van der Waals surface area contributed by atoms with Crippen molar-refractivity contribution in [3.63, 3.8) is 0 Å². The highest BCUT2D eigenvalue weighted by atomic mass is 35.5. The lowest BCUT2D eigenvalue weighted by molar-refractivity contribution is 0.875. The fourth-order valence-corrected chi connectivity index (χ4v) is 2.63. The minimum absolute atomic E-state index is 0.312. The van der Waals surface area contributed by atoms with E-state index < -0.39 is 5.56 Å². The van der Waals surface area contributed by atoms with Gasteiger partial charge in [0.1, 0.15) is 5.65 Å². The molecule has 3 rings (SSSR count). The van der Waals surface area contributed by atoms with Crippen LogP contribution >= 0.6 is 23.2 Å². The highest BCUT2D eigenvalue weighted by molar-refractivity contribution is 6.36. The summed E-state index contributed by atoms with van der Waals surface area (Å²) in [6.45, 7) is 1.74. The Morgan fingerprint density at radius 1 is 1.15 bits per heavy atom. The van der Waals surface area contributed by atoms with Crippen LogP contribution in [0.5, 0.6) is 0 Å². The van der Waals surface area contributed by atoms with Crippen molar-refractivity contribution < 1.29 is 0 Å². The van der Waals surface area contributed by atoms with Gasteiger partial charge in [0.2, 0.25) is 0 Å². The Morgan fingerprint density at radius 2 is 1.90 bits per heavy atom. The maximum atomic E-state index is 12.1. The number of H-pyrrole nitrogens is 2. The van der Waals surface area contributed by atoms with Gasteiger partial charge >= 0.3 is 0 Å². The van der Waals surface area contributed by atoms with Crippen molar-refractivity contribution in [3.05, 3.63) is 60.7 Å². The van der Waals surface area contributed by atoms with Crippen LogP contribution in [0.4, 0.5) is 0 Å². The molecular formula is C13H9Cl2N3O2. The first-order valence-electron chi connectivity index (χ1n) is 5.77. The summed E-state index contributed by atoms with van der Waals surface area (Å²) < 4.78 is 1.16. The molecule has 0 aliphatic rings. The molecule has 2 N–H and O–H groups in total. The summed E-state index contributed by atoms with van der Waals surface area (Å²) in [5, 5.41) is 3.31. The Labute approximate surface area is 122 Å². The summed E-state index contributed by atoms with van der Waals surface area (Å²) in [6.07, 6.45) is 0. The van der Waals surface area contributed by atoms with Crippen LogP contribution in [0.3, 0.4) is 0 Å². The lowest BCUT2D eigenvalue weighted by Crippen LogP contribution is -2.15. The maximum Gasteiger partial charge on any atom is 0.274 e. The molecule has 0 aliphatic carbocycles. The number of hydrogen-bond acceptors (Lipinski definition) is 2. The summed E-state index contributed by atoms with van der Waals surface area (Å²) in [6, 6.07) is 6.24. The number of benzene rings is 1. The molecule has 2 aromatic heterocycles. The van der Waals surface area contributed by atoms with Crippen LogP contribution in [0, 0.1) is 6.92 Å². The van der Waals surface area contributed by atoms with Gasteiger partial charge in [-0.1, -0.05) is 29.3 Å². The zero-order valence-corrected chi connectivity index (χ0v) is 11.8. The van der Waals surface area contributed by atoms with Crippen LogP contribution in [-0.4, -0.2) is 14.6 Å². The Hall–Kier alpha value is -1.98. The van der Waals surface area contributed by atoms with Gasteiger partial charge in [-0.15, -0.1) is 0 Å². The largest absolute Gasteiger partial charge is 0.343 e. The van der Waals surface area contributed by atoms with E-state index in [1.807, 2.05) is 0 Å². The molecule has 3 aromatic rings. The standard InChI is InChI=1S/C13H9Cl2N3O2/c1-6-4-10(19)18-12(16-6)11(13(20)17-18)8-3-2-7(14)5-9(8)15/h2-5,16H,1H3,(H,17,20). The first kappa shape index (κ1) is 13.0. The van der Waals surface area contributed by atoms with Gasteiger partial charge < -0.3 is 4.98 Å². The highest BCUT2D eigenvalue weighted by Gasteiger charge is 2.16. The van der Waals surface area contributed by atoms with Crippen LogP contribution in [0.1, 0.15) is 5.69 Å². The van der Waals surface area contributed by atoms with E-state index in [1.165, 1.54) is 6.07 Å². The molecule has 0 radical (unpaired) electrons. The number of aryl methyl sites for hydroxylation is 1. The van der Waals surface area contributed by atoms with Crippen LogP contribution in [-0.2, 0) is 0 Å². The Balaban J connectivity index is 2.45. The van der Waals surface area contributed by atoms with Crippen LogP contribution in [0.15, 0.2) is 33.9 Å². The van der Waals surface area contributed by atoms with E-state index in [9.17, 15) is 9.59 Å². The van der Waals surface area contributed by atoms with Gasteiger partial charge in [-0.2, -0.15) is 4.52 Å². The number of halogens is 2. The molecule has 0 atom stereocenters. The van der Waals surface area contributed by atoms with E-state index in [2.05, 4.69) is 10.1 Å². The zero-order chi connectivity index (χ0) is 14.4. The van der Waals surface area contributed by atoms with E-state index in [0.717, 1.165) is 4.52 Å². The Morgan fingerprint density at radius 3 is 2.60 bits per heavy atom. The highest BCUT2D eigenvalue weighted by Crippen LogP contribution is 2.30. The molecule has 0 fully saturated rings. The lowest BCUT2D eigenvalue weighted by atomic mass is 10.1. The van der Waals surface area contributed by atoms with Crippen molar-refractivity contribution in [1.29, 1.82) is 0 Å². The minimum Gasteiger partial charge on any atom is -0.343 e. The second-order valence-corrected chi connectivity index (χ2v) is 5.26. The summed E-state index contributed by atoms with van der Waals surface area (Å²) in [4.78, 5) is 27.0. The normalized spacial score (nSPS) is 11.2. The van der Waals surface area contributed by atoms with E-state index in [4.69, 9.17) is 23.2 Å². The molecule has 102 valence electrons. The molecule has 0 saturated carbocycles. The number of aromatic amines is 2. The second kappa shape index (κ2) is 4.54. The van der Waals surface area contributed by atoms with Gasteiger partial charge in [-0.25, -0.2) is 0 Å². The monoisotopic (exact) mass is 309 g/mol. The number of nitrogens with one attached hydrogen (secondary N) is 2. The van der Waals surface area contributed by atoms with Crippen LogP contribution in [0.2, 0.25) is 10.0 Å². The molecule has 5 nitrogen and oxygen atoms in total. The number of hydrogen-bond donors (Lipinski definition) is 2. The predicted octanol–water partition coefficient (Wildman–Crippen LogP) is 2.60. The first-order valence-corrected chi connectivity index (χ1v) is 6.53. The van der Waals surface area contributed by atoms with Crippen molar-refractivity contribution >= 4 is 28.8 Å². The molecular weight excluding hydrogens is 301 g/mol. The number of fused-ring (bicyclic) bond motifs is 1. The van der Waals surface area contributed by atoms with Crippen LogP contribution < -0.4 is 11.1 Å². The van der Waals surface area contributed by atoms with E-state index in [0.29, 0.717) is 32.5 Å². The molecule has 0 spiro atoms. The predicted molar refractivity (Wildman–Crippen MR) is 78.8 cm³/mol. The molecule has 2 heterocycles. The maximum absolute atomic E-state index is 12.1. The van der Waals surface area contributed by atoms with Gasteiger partial charge in [0.15, 0.2) is 0 Å². The Bertz CT molecular complexity index is 937. The molecule has 0 saturated heterocycles. The molecule has 0 unspecified atom stereocenters. The average molecular weight is 310 g/mol. The van der Waals surface area contributed by atoms with Crippen molar-refractivity contribution in [1.82, 2.24) is 14.6 Å². The number of aromatic nitrogens is 3. The van der Waals surface area contributed by atoms with Gasteiger partial charge in [0.05, 0.1) is 10.6 Å². The van der Waals surface area contributed by atoms with E-state index in [-0.39, 0.29) is 5.56 Å². The molecule has 1 aromatic carbocycles. The molecule has 0 amide bonds. The molecule has 0 aliphatic heterocycles. The van der Waals surface area contributed by atoms with Gasteiger partial charge in [0, 0.05) is 22.3 Å². The van der Waals surface area contributed by atoms with Gasteiger partial charge in [-0.3, -0.25) is 14.7 Å². The third kappa shape index (κ3) is 1.95. The molecule has 7 heteroatoms. The third-order valence-electron chi connectivity index (χ3n) is 2.98. The smallest absolute Gasteiger partial charge is 0.274 e. The summed E-state index contributed by atoms with van der Waals surface area (Å²) in [5.41, 5.74) is 1.15. The molecule has 0 bridgehead atoms. The quantitative estimate of drug-likeness (QED) is 0.725. The minimum atomic E-state index is -0.395. The topological polar surface area (TPSA) is 70.1 Å². The third-order valence-corrected chi connectivity index (χ3v) is 3.53. The van der Waals surface area contributed by atoms with Crippen molar-refractivity contribution in [2.24, 2.45) is 0 Å². The van der Waals surface area contributed by atoms with Crippen LogP contribution in [0.25, 0.3) is 16.8 Å². The van der Waals surface area contributed by atoms with Crippen molar-refractivity contribution in [3.8, 4) is 11.1 Å². The first-order chi connectivity index (χ1) is 9.47.